The fourth-order valence-corrected chi connectivity index (χ4v) is 1.75. The molecule has 4 nitrogen and oxygen atoms in total. The molecule has 0 saturated heterocycles. The predicted octanol–water partition coefficient (Wildman–Crippen LogP) is 1.68. The van der Waals surface area contributed by atoms with Gasteiger partial charge in [0.1, 0.15) is 0 Å². The maximum Gasteiger partial charge on any atom is 0.264 e. The molecule has 0 fully saturated rings. The second kappa shape index (κ2) is 4.41. The van der Waals surface area contributed by atoms with Crippen molar-refractivity contribution >= 4 is 17.4 Å². The van der Waals surface area contributed by atoms with E-state index in [0.717, 1.165) is 4.90 Å². The summed E-state index contributed by atoms with van der Waals surface area (Å²) in [6.07, 6.45) is 1.42. The Hall–Kier alpha value is -2.10. The maximum absolute atomic E-state index is 12.0. The number of imide groups is 1. The molecule has 1 aliphatic heterocycles. The highest BCUT2D eigenvalue weighted by Crippen LogP contribution is 2.27. The first-order valence-corrected chi connectivity index (χ1v) is 5.40. The predicted molar refractivity (Wildman–Crippen MR) is 63.1 cm³/mol. The molecule has 0 bridgehead atoms. The average Bonchev–Trinajstić information content (AvgIpc) is 2.36. The van der Waals surface area contributed by atoms with Crippen LogP contribution in [-0.4, -0.2) is 30.4 Å². The van der Waals surface area contributed by atoms with Crippen molar-refractivity contribution in [1.82, 2.24) is 4.90 Å². The Labute approximate surface area is 99.5 Å². The summed E-state index contributed by atoms with van der Waals surface area (Å²) in [4.78, 5) is 24.9. The molecule has 2 rings (SSSR count). The molecule has 0 unspecified atom stereocenters. The molecule has 1 heterocycles. The number of amides is 2. The van der Waals surface area contributed by atoms with E-state index in [1.807, 2.05) is 6.92 Å². The Bertz CT molecular complexity index is 505. The van der Waals surface area contributed by atoms with Crippen LogP contribution in [0.1, 0.15) is 22.8 Å². The van der Waals surface area contributed by atoms with Crippen molar-refractivity contribution in [1.29, 1.82) is 0 Å². The van der Waals surface area contributed by atoms with Gasteiger partial charge in [0, 0.05) is 18.2 Å². The Morgan fingerprint density at radius 1 is 1.18 bits per heavy atom. The number of ether oxygens (including phenoxy) is 1. The van der Waals surface area contributed by atoms with Crippen LogP contribution in [0.5, 0.6) is 0 Å². The summed E-state index contributed by atoms with van der Waals surface area (Å²) in [5.74, 6) is -0.610. The average molecular weight is 231 g/mol. The van der Waals surface area contributed by atoms with Gasteiger partial charge >= 0.3 is 0 Å². The molecule has 0 atom stereocenters. The van der Waals surface area contributed by atoms with Crippen LogP contribution in [0.2, 0.25) is 0 Å². The minimum absolute atomic E-state index is 0.278. The van der Waals surface area contributed by atoms with E-state index in [0.29, 0.717) is 23.3 Å². The molecule has 1 aromatic rings. The highest BCUT2D eigenvalue weighted by Gasteiger charge is 2.32. The molecule has 4 heteroatoms. The zero-order valence-electron chi connectivity index (χ0n) is 9.77. The van der Waals surface area contributed by atoms with Gasteiger partial charge in [0.15, 0.2) is 0 Å². The van der Waals surface area contributed by atoms with E-state index < -0.39 is 0 Å². The molecule has 0 saturated carbocycles. The van der Waals surface area contributed by atoms with Gasteiger partial charge in [0.2, 0.25) is 0 Å². The molecular formula is C13H13NO3. The van der Waals surface area contributed by atoms with Crippen LogP contribution in [0.15, 0.2) is 30.5 Å². The number of benzene rings is 1. The van der Waals surface area contributed by atoms with E-state index in [1.165, 1.54) is 13.3 Å². The quantitative estimate of drug-likeness (QED) is 0.442. The van der Waals surface area contributed by atoms with Crippen molar-refractivity contribution in [2.75, 3.05) is 13.7 Å². The van der Waals surface area contributed by atoms with Crippen molar-refractivity contribution in [3.63, 3.8) is 0 Å². The first-order chi connectivity index (χ1) is 8.16. The van der Waals surface area contributed by atoms with Gasteiger partial charge < -0.3 is 4.74 Å². The van der Waals surface area contributed by atoms with Crippen molar-refractivity contribution in [2.45, 2.75) is 6.92 Å². The molecule has 88 valence electrons. The van der Waals surface area contributed by atoms with E-state index >= 15 is 0 Å². The fourth-order valence-electron chi connectivity index (χ4n) is 1.75. The van der Waals surface area contributed by atoms with Gasteiger partial charge in [-0.25, -0.2) is 0 Å². The topological polar surface area (TPSA) is 46.6 Å². The molecule has 2 amide bonds. The molecular weight excluding hydrogens is 218 g/mol. The lowest BCUT2D eigenvalue weighted by molar-refractivity contribution is -0.121. The summed E-state index contributed by atoms with van der Waals surface area (Å²) < 4.78 is 5.16. The first-order valence-electron chi connectivity index (χ1n) is 5.40. The molecule has 0 N–H and O–H groups in total. The number of hydrogen-bond acceptors (Lipinski definition) is 3. The third-order valence-corrected chi connectivity index (χ3v) is 2.66. The van der Waals surface area contributed by atoms with Crippen LogP contribution in [-0.2, 0) is 9.53 Å². The van der Waals surface area contributed by atoms with Crippen molar-refractivity contribution in [3.05, 3.63) is 41.7 Å². The number of rotatable bonds is 2. The SMILES string of the molecule is CCO/C=C1/C(=O)N(C)C(=O)c2ccccc21. The second-order valence-corrected chi connectivity index (χ2v) is 3.70. The number of likely N-dealkylation sites (N-methyl/N-ethyl adjacent to an activating group) is 1. The standard InChI is InChI=1S/C13H13NO3/c1-3-17-8-11-9-6-4-5-7-10(9)12(15)14(2)13(11)16/h4-8H,3H2,1-2H3/b11-8+. The van der Waals surface area contributed by atoms with E-state index in [9.17, 15) is 9.59 Å². The third-order valence-electron chi connectivity index (χ3n) is 2.66. The summed E-state index contributed by atoms with van der Waals surface area (Å²) in [6, 6.07) is 7.03. The fraction of sp³-hybridized carbons (Fsp3) is 0.231. The lowest BCUT2D eigenvalue weighted by Gasteiger charge is -2.24. The van der Waals surface area contributed by atoms with Crippen LogP contribution in [0, 0.1) is 0 Å². The van der Waals surface area contributed by atoms with Gasteiger partial charge in [0.25, 0.3) is 11.8 Å². The van der Waals surface area contributed by atoms with Gasteiger partial charge in [-0.2, -0.15) is 0 Å². The van der Waals surface area contributed by atoms with Gasteiger partial charge in [-0.1, -0.05) is 18.2 Å². The lowest BCUT2D eigenvalue weighted by atomic mass is 9.95. The molecule has 0 aromatic heterocycles. The Balaban J connectivity index is 2.57. The van der Waals surface area contributed by atoms with Crippen LogP contribution in [0.3, 0.4) is 0 Å². The lowest BCUT2D eigenvalue weighted by Crippen LogP contribution is -2.38. The van der Waals surface area contributed by atoms with Crippen LogP contribution < -0.4 is 0 Å². The Kier molecular flexibility index (Phi) is 2.95. The van der Waals surface area contributed by atoms with E-state index in [-0.39, 0.29) is 11.8 Å². The Morgan fingerprint density at radius 3 is 2.47 bits per heavy atom. The largest absolute Gasteiger partial charge is 0.501 e. The van der Waals surface area contributed by atoms with Gasteiger partial charge in [0.05, 0.1) is 18.4 Å². The van der Waals surface area contributed by atoms with Crippen molar-refractivity contribution < 1.29 is 14.3 Å². The molecule has 0 aliphatic carbocycles. The zero-order chi connectivity index (χ0) is 12.4. The van der Waals surface area contributed by atoms with Crippen LogP contribution in [0.25, 0.3) is 5.57 Å². The van der Waals surface area contributed by atoms with Crippen molar-refractivity contribution in [2.24, 2.45) is 0 Å². The minimum atomic E-state index is -0.331. The first kappa shape index (κ1) is 11.4. The molecule has 0 spiro atoms. The number of nitrogens with zero attached hydrogens (tertiary/aromatic N) is 1. The van der Waals surface area contributed by atoms with Gasteiger partial charge in [-0.05, 0) is 13.0 Å². The van der Waals surface area contributed by atoms with E-state index in [2.05, 4.69) is 0 Å². The highest BCUT2D eigenvalue weighted by atomic mass is 16.5. The highest BCUT2D eigenvalue weighted by molar-refractivity contribution is 6.30. The van der Waals surface area contributed by atoms with Gasteiger partial charge in [-0.15, -0.1) is 0 Å². The smallest absolute Gasteiger partial charge is 0.264 e. The minimum Gasteiger partial charge on any atom is -0.501 e. The third kappa shape index (κ3) is 1.82. The number of carbonyl (C=O) groups is 2. The number of fused-ring (bicyclic) bond motifs is 1. The molecule has 1 aromatic carbocycles. The number of carbonyl (C=O) groups excluding carboxylic acids is 2. The summed E-state index contributed by atoms with van der Waals surface area (Å²) in [6.45, 7) is 2.32. The van der Waals surface area contributed by atoms with Crippen molar-refractivity contribution in [3.8, 4) is 0 Å². The molecule has 1 aliphatic rings. The summed E-state index contributed by atoms with van der Waals surface area (Å²) >= 11 is 0. The normalized spacial score (nSPS) is 17.3. The summed E-state index contributed by atoms with van der Waals surface area (Å²) in [5.41, 5.74) is 1.58. The molecule has 0 radical (unpaired) electrons. The maximum atomic E-state index is 12.0. The zero-order valence-corrected chi connectivity index (χ0v) is 9.77. The second-order valence-electron chi connectivity index (χ2n) is 3.70. The van der Waals surface area contributed by atoms with Crippen LogP contribution in [0.4, 0.5) is 0 Å². The van der Waals surface area contributed by atoms with E-state index in [1.54, 1.807) is 24.3 Å². The summed E-state index contributed by atoms with van der Waals surface area (Å²) in [5, 5.41) is 0. The van der Waals surface area contributed by atoms with E-state index in [4.69, 9.17) is 4.74 Å². The van der Waals surface area contributed by atoms with Gasteiger partial charge in [-0.3, -0.25) is 14.5 Å². The van der Waals surface area contributed by atoms with Crippen LogP contribution >= 0.6 is 0 Å². The Morgan fingerprint density at radius 2 is 1.82 bits per heavy atom. The molecule has 17 heavy (non-hydrogen) atoms. The monoisotopic (exact) mass is 231 g/mol. The number of hydrogen-bond donors (Lipinski definition) is 0. The summed E-state index contributed by atoms with van der Waals surface area (Å²) in [7, 11) is 1.47.